The molecular formula is C93H128. The summed E-state index contributed by atoms with van der Waals surface area (Å²) in [7, 11) is 0. The Morgan fingerprint density at radius 3 is 0.688 bits per heavy atom. The molecule has 3 aliphatic rings. The van der Waals surface area contributed by atoms with Gasteiger partial charge >= 0.3 is 0 Å². The summed E-state index contributed by atoms with van der Waals surface area (Å²) >= 11 is 0. The zero-order valence-corrected chi connectivity index (χ0v) is 60.3. The summed E-state index contributed by atoms with van der Waals surface area (Å²) in [6.07, 6.45) is 67.4. The lowest BCUT2D eigenvalue weighted by molar-refractivity contribution is 0.397. The fraction of sp³-hybridized carbons (Fsp3) is 0.548. The molecule has 0 unspecified atom stereocenters. The second-order valence-electron chi connectivity index (χ2n) is 29.8. The van der Waals surface area contributed by atoms with Gasteiger partial charge in [0, 0.05) is 16.2 Å². The Morgan fingerprint density at radius 2 is 0.430 bits per heavy atom. The van der Waals surface area contributed by atoms with Gasteiger partial charge in [-0.1, -0.05) is 425 Å². The first-order valence-electron chi connectivity index (χ1n) is 39.6. The van der Waals surface area contributed by atoms with Crippen LogP contribution in [0.2, 0.25) is 0 Å². The maximum absolute atomic E-state index is 4.28. The van der Waals surface area contributed by atoms with Crippen LogP contribution in [0.5, 0.6) is 0 Å². The van der Waals surface area contributed by atoms with Crippen LogP contribution in [0.25, 0.3) is 63.8 Å². The number of hydrogen-bond acceptors (Lipinski definition) is 0. The van der Waals surface area contributed by atoms with E-state index in [0.29, 0.717) is 0 Å². The van der Waals surface area contributed by atoms with E-state index in [0.717, 1.165) is 0 Å². The summed E-state index contributed by atoms with van der Waals surface area (Å²) in [6.45, 7) is 18.4. The third kappa shape index (κ3) is 18.2. The van der Waals surface area contributed by atoms with E-state index in [1.807, 2.05) is 0 Å². The minimum Gasteiger partial charge on any atom is -0.0985 e. The first-order chi connectivity index (χ1) is 45.8. The number of unbranched alkanes of at least 4 members (excludes halogenated alkanes) is 30. The van der Waals surface area contributed by atoms with Crippen LogP contribution >= 0.6 is 0 Å². The summed E-state index contributed by atoms with van der Waals surface area (Å²) < 4.78 is 0. The Hall–Kier alpha value is -5.46. The Kier molecular flexibility index (Phi) is 29.1. The van der Waals surface area contributed by atoms with Crippen LogP contribution in [0.1, 0.15) is 372 Å². The number of rotatable bonds is 47. The molecule has 0 spiro atoms. The molecule has 0 radical (unpaired) electrons. The van der Waals surface area contributed by atoms with Crippen LogP contribution in [0.4, 0.5) is 0 Å². The summed E-state index contributed by atoms with van der Waals surface area (Å²) in [5.74, 6) is 0. The van der Waals surface area contributed by atoms with Crippen molar-refractivity contribution < 1.29 is 0 Å². The van der Waals surface area contributed by atoms with E-state index >= 15 is 0 Å². The predicted molar refractivity (Wildman–Crippen MR) is 414 cm³/mol. The Balaban J connectivity index is 1.06. The quantitative estimate of drug-likeness (QED) is 0.0264. The van der Waals surface area contributed by atoms with Crippen molar-refractivity contribution in [2.75, 3.05) is 0 Å². The van der Waals surface area contributed by atoms with Crippen LogP contribution in [-0.4, -0.2) is 0 Å². The van der Waals surface area contributed by atoms with E-state index < -0.39 is 0 Å². The zero-order valence-electron chi connectivity index (χ0n) is 60.3. The molecule has 9 rings (SSSR count). The van der Waals surface area contributed by atoms with Gasteiger partial charge in [0.25, 0.3) is 0 Å². The SMILES string of the molecule is C=Cc1ccc2c(c1)C(CCCCCCCC)(CCCCCCCC)c1cc(/C=C/c3ccc4c(c3)C(CCCCCCCC)(CCCCCCCC)c3cc(/C=C/c5ccc6c(c5)C(CCCCCCCC)(CCCCCCCC)c5ccccc5-6)ccc3-4)ccc1-2. The molecule has 0 nitrogen and oxygen atoms in total. The first-order valence-corrected chi connectivity index (χ1v) is 39.6. The minimum atomic E-state index is -0.0176. The topological polar surface area (TPSA) is 0 Å². The molecule has 0 heteroatoms. The molecule has 3 aliphatic carbocycles. The molecule has 0 bridgehead atoms. The maximum atomic E-state index is 4.28. The van der Waals surface area contributed by atoms with E-state index in [4.69, 9.17) is 0 Å². The highest BCUT2D eigenvalue weighted by atomic mass is 14.5. The van der Waals surface area contributed by atoms with Crippen molar-refractivity contribution >= 4 is 30.4 Å². The first kappa shape index (κ1) is 71.8. The normalized spacial score (nSPS) is 14.4. The van der Waals surface area contributed by atoms with Crippen LogP contribution < -0.4 is 0 Å². The van der Waals surface area contributed by atoms with Gasteiger partial charge in [0.15, 0.2) is 0 Å². The monoisotopic (exact) mass is 1250 g/mol. The van der Waals surface area contributed by atoms with Gasteiger partial charge in [-0.3, -0.25) is 0 Å². The molecule has 0 aliphatic heterocycles. The molecule has 0 heterocycles. The van der Waals surface area contributed by atoms with Gasteiger partial charge < -0.3 is 0 Å². The fourth-order valence-electron chi connectivity index (χ4n) is 17.7. The molecule has 0 aromatic heterocycles. The van der Waals surface area contributed by atoms with Crippen molar-refractivity contribution in [3.05, 3.63) is 183 Å². The Labute approximate surface area is 570 Å². The van der Waals surface area contributed by atoms with Crippen LogP contribution in [0.15, 0.2) is 122 Å². The van der Waals surface area contributed by atoms with E-state index in [-0.39, 0.29) is 16.2 Å². The number of benzene rings is 6. The van der Waals surface area contributed by atoms with E-state index in [1.54, 1.807) is 33.4 Å². The highest BCUT2D eigenvalue weighted by molar-refractivity contribution is 5.88. The van der Waals surface area contributed by atoms with Crippen molar-refractivity contribution in [2.24, 2.45) is 0 Å². The van der Waals surface area contributed by atoms with Crippen LogP contribution in [-0.2, 0) is 16.2 Å². The standard InChI is InChI=1S/C93H128/c1-8-15-21-27-33-41-63-91(64-42-34-28-22-16-9-2)85-48-40-39-47-79(85)80-59-54-75(70-87(80)91)49-50-77-56-61-83-84-62-57-78(73-90(84)93(89(83)72-77,67-45-37-31-25-19-12-5)68-46-38-32-26-20-13-6)52-51-76-55-60-82-81-58-53-74(14-7)69-86(81)92(88(82)71-76,65-43-35-29-23-17-10-3)66-44-36-30-24-18-11-4/h14,39-40,47-62,69-73H,7-13,15-38,41-46,63-68H2,1-6H3/b50-49+,52-51+. The fourth-order valence-corrected chi connectivity index (χ4v) is 17.7. The van der Waals surface area contributed by atoms with Crippen LogP contribution in [0, 0.1) is 0 Å². The lowest BCUT2D eigenvalue weighted by Crippen LogP contribution is -2.26. The molecule has 6 aromatic carbocycles. The predicted octanol–water partition coefficient (Wildman–Crippen LogP) is 30.0. The highest BCUT2D eigenvalue weighted by Gasteiger charge is 2.45. The maximum Gasteiger partial charge on any atom is 0.0215 e. The van der Waals surface area contributed by atoms with Gasteiger partial charge in [-0.05, 0) is 133 Å². The number of hydrogen-bond donors (Lipinski definition) is 0. The van der Waals surface area contributed by atoms with Crippen molar-refractivity contribution in [2.45, 2.75) is 327 Å². The molecule has 6 aromatic rings. The van der Waals surface area contributed by atoms with Gasteiger partial charge in [0.05, 0.1) is 0 Å². The molecular weight excluding hydrogens is 1120 g/mol. The van der Waals surface area contributed by atoms with Gasteiger partial charge in [-0.25, -0.2) is 0 Å². The Bertz CT molecular complexity index is 3230. The smallest absolute Gasteiger partial charge is 0.0215 e. The lowest BCUT2D eigenvalue weighted by atomic mass is 9.70. The van der Waals surface area contributed by atoms with Crippen molar-refractivity contribution in [3.8, 4) is 33.4 Å². The van der Waals surface area contributed by atoms with Gasteiger partial charge in [-0.15, -0.1) is 0 Å². The molecule has 0 saturated heterocycles. The lowest BCUT2D eigenvalue weighted by Gasteiger charge is -2.33. The largest absolute Gasteiger partial charge is 0.0985 e. The molecule has 93 heavy (non-hydrogen) atoms. The van der Waals surface area contributed by atoms with Gasteiger partial charge in [0.1, 0.15) is 0 Å². The average Bonchev–Trinajstić information content (AvgIpc) is 1.59. The van der Waals surface area contributed by atoms with Crippen molar-refractivity contribution in [3.63, 3.8) is 0 Å². The summed E-state index contributed by atoms with van der Waals surface area (Å²) in [6, 6.07) is 47.3. The van der Waals surface area contributed by atoms with E-state index in [1.165, 1.54) is 331 Å². The molecule has 0 amide bonds. The second kappa shape index (κ2) is 37.7. The molecule has 0 saturated carbocycles. The Morgan fingerprint density at radius 1 is 0.226 bits per heavy atom. The van der Waals surface area contributed by atoms with Gasteiger partial charge in [0.2, 0.25) is 0 Å². The number of fused-ring (bicyclic) bond motifs is 9. The third-order valence-electron chi connectivity index (χ3n) is 23.0. The van der Waals surface area contributed by atoms with Crippen molar-refractivity contribution in [1.82, 2.24) is 0 Å². The average molecular weight is 1250 g/mol. The van der Waals surface area contributed by atoms with Crippen molar-refractivity contribution in [1.29, 1.82) is 0 Å². The molecule has 0 fully saturated rings. The second-order valence-corrected chi connectivity index (χ2v) is 29.8. The summed E-state index contributed by atoms with van der Waals surface area (Å²) in [5, 5.41) is 0. The molecule has 0 atom stereocenters. The summed E-state index contributed by atoms with van der Waals surface area (Å²) in [4.78, 5) is 0. The highest BCUT2D eigenvalue weighted by Crippen LogP contribution is 2.58. The minimum absolute atomic E-state index is 0.0176. The summed E-state index contributed by atoms with van der Waals surface area (Å²) in [5.41, 5.74) is 25.1. The van der Waals surface area contributed by atoms with Crippen LogP contribution in [0.3, 0.4) is 0 Å². The zero-order chi connectivity index (χ0) is 65.0. The van der Waals surface area contributed by atoms with E-state index in [2.05, 4.69) is 194 Å². The van der Waals surface area contributed by atoms with Gasteiger partial charge in [-0.2, -0.15) is 0 Å². The van der Waals surface area contributed by atoms with E-state index in [9.17, 15) is 0 Å². The third-order valence-corrected chi connectivity index (χ3v) is 23.0. The molecule has 0 N–H and O–H groups in total. The molecule has 500 valence electrons.